The molecule has 0 spiro atoms. The lowest BCUT2D eigenvalue weighted by molar-refractivity contribution is -0.347. The van der Waals surface area contributed by atoms with Crippen molar-refractivity contribution in [2.24, 2.45) is 5.73 Å². The van der Waals surface area contributed by atoms with E-state index >= 15 is 0 Å². The van der Waals surface area contributed by atoms with E-state index in [1.807, 2.05) is 0 Å². The molecule has 0 saturated carbocycles. The number of hydrogen-bond acceptors (Lipinski definition) is 13. The molecule has 0 radical (unpaired) electrons. The van der Waals surface area contributed by atoms with Gasteiger partial charge in [0.2, 0.25) is 5.91 Å². The third kappa shape index (κ3) is 6.96. The Morgan fingerprint density at radius 1 is 0.939 bits per heavy atom. The Kier molecular flexibility index (Phi) is 11.7. The van der Waals surface area contributed by atoms with E-state index in [2.05, 4.69) is 0 Å². The second-order valence-electron chi connectivity index (χ2n) is 7.99. The van der Waals surface area contributed by atoms with Crippen molar-refractivity contribution in [3.8, 4) is 0 Å². The minimum Gasteiger partial charge on any atom is -0.394 e. The molecular weight excluding hydrogens is 464 g/mol. The van der Waals surface area contributed by atoms with Gasteiger partial charge in [-0.05, 0) is 12.2 Å². The second kappa shape index (κ2) is 13.5. The average Bonchev–Trinajstić information content (AvgIpc) is 2.79. The molecule has 0 aromatic carbocycles. The van der Waals surface area contributed by atoms with Crippen molar-refractivity contribution in [1.29, 1.82) is 0 Å². The third-order valence-electron chi connectivity index (χ3n) is 5.64. The van der Waals surface area contributed by atoms with Gasteiger partial charge in [-0.3, -0.25) is 4.79 Å². The summed E-state index contributed by atoms with van der Waals surface area (Å²) in [7, 11) is 0. The molecule has 9 N–H and O–H groups in total. The monoisotopic (exact) mass is 500 g/mol. The number of nitrogens with zero attached hydrogens (tertiary/aromatic N) is 1. The van der Waals surface area contributed by atoms with E-state index < -0.39 is 80.5 Å². The van der Waals surface area contributed by atoms with Crippen LogP contribution < -0.4 is 5.73 Å². The zero-order valence-electron chi connectivity index (χ0n) is 18.4. The highest BCUT2D eigenvalue weighted by Crippen LogP contribution is 2.30. The van der Waals surface area contributed by atoms with E-state index in [0.717, 1.165) is 11.5 Å². The average molecular weight is 501 g/mol. The number of carbonyl (C=O) groups is 1. The normalized spacial score (nSPS) is 39.4. The first-order chi connectivity index (χ1) is 15.7. The molecule has 1 amide bonds. The van der Waals surface area contributed by atoms with E-state index in [9.17, 15) is 40.5 Å². The van der Waals surface area contributed by atoms with Gasteiger partial charge in [0.25, 0.3) is 0 Å². The molecule has 2 aliphatic heterocycles. The van der Waals surface area contributed by atoms with Crippen LogP contribution in [-0.4, -0.2) is 146 Å². The Morgan fingerprint density at radius 2 is 1.61 bits per heavy atom. The van der Waals surface area contributed by atoms with Gasteiger partial charge >= 0.3 is 0 Å². The van der Waals surface area contributed by atoms with Gasteiger partial charge in [-0.15, -0.1) is 0 Å². The number of hydrogen-bond donors (Lipinski definition) is 8. The maximum atomic E-state index is 12.2. The van der Waals surface area contributed by atoms with Crippen LogP contribution >= 0.6 is 11.8 Å². The van der Waals surface area contributed by atoms with E-state index in [1.54, 1.807) is 11.8 Å². The highest BCUT2D eigenvalue weighted by molar-refractivity contribution is 7.99. The molecule has 10 atom stereocenters. The molecule has 2 rings (SSSR count). The first kappa shape index (κ1) is 28.6. The number of carbonyl (C=O) groups excluding carboxylic acids is 1. The molecule has 13 nitrogen and oxygen atoms in total. The van der Waals surface area contributed by atoms with Crippen LogP contribution in [0.1, 0.15) is 13.3 Å². The predicted molar refractivity (Wildman–Crippen MR) is 115 cm³/mol. The zero-order chi connectivity index (χ0) is 24.7. The molecular formula is C19H36N2O11S. The molecule has 0 aromatic heterocycles. The predicted octanol–water partition coefficient (Wildman–Crippen LogP) is -4.46. The van der Waals surface area contributed by atoms with Crippen LogP contribution in [0.25, 0.3) is 0 Å². The fourth-order valence-corrected chi connectivity index (χ4v) is 4.52. The Balaban J connectivity index is 2.10. The summed E-state index contributed by atoms with van der Waals surface area (Å²) >= 11 is 1.61. The second-order valence-corrected chi connectivity index (χ2v) is 9.22. The summed E-state index contributed by atoms with van der Waals surface area (Å²) in [6, 6.07) is 0. The van der Waals surface area contributed by atoms with Crippen molar-refractivity contribution in [3.63, 3.8) is 0 Å². The molecule has 0 bridgehead atoms. The minimum atomic E-state index is -1.75. The zero-order valence-corrected chi connectivity index (χ0v) is 19.2. The SMILES string of the molecule is CC(=O)N(CCCSCCN)[C@@H]1O[C@@H](CO)[C@@H](O[C@@H]2OC(CO)[C@@H](O)[C@H](O)C2O)C(O)C1O. The van der Waals surface area contributed by atoms with Gasteiger partial charge in [-0.25, -0.2) is 0 Å². The van der Waals surface area contributed by atoms with Gasteiger partial charge < -0.3 is 60.6 Å². The number of aliphatic hydroxyl groups is 7. The molecule has 4 unspecified atom stereocenters. The van der Waals surface area contributed by atoms with Crippen molar-refractivity contribution in [2.75, 3.05) is 37.8 Å². The summed E-state index contributed by atoms with van der Waals surface area (Å²) in [5, 5.41) is 70.5. The smallest absolute Gasteiger partial charge is 0.221 e. The van der Waals surface area contributed by atoms with Crippen LogP contribution in [0.3, 0.4) is 0 Å². The van der Waals surface area contributed by atoms with Gasteiger partial charge in [-0.1, -0.05) is 0 Å². The molecule has 2 aliphatic rings. The van der Waals surface area contributed by atoms with Gasteiger partial charge in [0.15, 0.2) is 12.5 Å². The lowest BCUT2D eigenvalue weighted by Gasteiger charge is -2.48. The third-order valence-corrected chi connectivity index (χ3v) is 6.74. The number of amides is 1. The molecule has 0 aliphatic carbocycles. The summed E-state index contributed by atoms with van der Waals surface area (Å²) < 4.78 is 16.5. The Hall–Kier alpha value is -0.620. The number of aliphatic hydroxyl groups excluding tert-OH is 7. The summed E-state index contributed by atoms with van der Waals surface area (Å²) in [6.07, 6.45) is -14.5. The van der Waals surface area contributed by atoms with Crippen LogP contribution in [-0.2, 0) is 19.0 Å². The first-order valence-electron chi connectivity index (χ1n) is 10.8. The molecule has 33 heavy (non-hydrogen) atoms. The summed E-state index contributed by atoms with van der Waals surface area (Å²) in [5.74, 6) is 1.09. The summed E-state index contributed by atoms with van der Waals surface area (Å²) in [4.78, 5) is 13.4. The van der Waals surface area contributed by atoms with Crippen LogP contribution in [0.15, 0.2) is 0 Å². The molecule has 0 aromatic rings. The van der Waals surface area contributed by atoms with Crippen molar-refractivity contribution in [1.82, 2.24) is 4.90 Å². The lowest BCUT2D eigenvalue weighted by atomic mass is 9.96. The number of rotatable bonds is 11. The summed E-state index contributed by atoms with van der Waals surface area (Å²) in [6.45, 7) is 0.712. The molecule has 2 saturated heterocycles. The standard InChI is InChI=1S/C19H36N2O11S/c1-9(24)21(4-2-5-33-6-3-20)18-15(28)14(27)17(11(8-23)30-18)32-19-16(29)13(26)12(25)10(7-22)31-19/h10-19,22-23,25-29H,2-8,20H2,1H3/t10?,11-,12+,13-,14?,15?,16?,17+,18+,19-/m0/s1. The highest BCUT2D eigenvalue weighted by Gasteiger charge is 2.51. The fourth-order valence-electron chi connectivity index (χ4n) is 3.81. The quantitative estimate of drug-likeness (QED) is 0.126. The van der Waals surface area contributed by atoms with E-state index in [1.165, 1.54) is 11.8 Å². The van der Waals surface area contributed by atoms with Gasteiger partial charge in [-0.2, -0.15) is 11.8 Å². The Labute approximate surface area is 196 Å². The van der Waals surface area contributed by atoms with Crippen LogP contribution in [0, 0.1) is 0 Å². The molecule has 2 fully saturated rings. The topological polar surface area (TPSA) is 216 Å². The molecule has 194 valence electrons. The maximum absolute atomic E-state index is 12.2. The van der Waals surface area contributed by atoms with Crippen molar-refractivity contribution < 1.29 is 54.8 Å². The Morgan fingerprint density at radius 3 is 2.18 bits per heavy atom. The molecule has 2 heterocycles. The number of ether oxygens (including phenoxy) is 3. The molecule has 14 heteroatoms. The van der Waals surface area contributed by atoms with Gasteiger partial charge in [0, 0.05) is 25.8 Å². The summed E-state index contributed by atoms with van der Waals surface area (Å²) in [5.41, 5.74) is 5.45. The first-order valence-corrected chi connectivity index (χ1v) is 12.0. The van der Waals surface area contributed by atoms with Crippen LogP contribution in [0.4, 0.5) is 0 Å². The van der Waals surface area contributed by atoms with Crippen molar-refractivity contribution in [3.05, 3.63) is 0 Å². The van der Waals surface area contributed by atoms with E-state index in [4.69, 9.17) is 19.9 Å². The van der Waals surface area contributed by atoms with E-state index in [0.29, 0.717) is 13.0 Å². The van der Waals surface area contributed by atoms with Crippen molar-refractivity contribution in [2.45, 2.75) is 74.7 Å². The number of nitrogens with two attached hydrogens (primary N) is 1. The fraction of sp³-hybridized carbons (Fsp3) is 0.947. The number of thioether (sulfide) groups is 1. The maximum Gasteiger partial charge on any atom is 0.221 e. The highest BCUT2D eigenvalue weighted by atomic mass is 32.2. The Bertz CT molecular complexity index is 602. The lowest BCUT2D eigenvalue weighted by Crippen LogP contribution is -2.67. The largest absolute Gasteiger partial charge is 0.394 e. The van der Waals surface area contributed by atoms with E-state index in [-0.39, 0.29) is 6.54 Å². The van der Waals surface area contributed by atoms with Crippen LogP contribution in [0.5, 0.6) is 0 Å². The minimum absolute atomic E-state index is 0.234. The van der Waals surface area contributed by atoms with Crippen LogP contribution in [0.2, 0.25) is 0 Å². The van der Waals surface area contributed by atoms with Gasteiger partial charge in [0.1, 0.15) is 48.8 Å². The van der Waals surface area contributed by atoms with Gasteiger partial charge in [0.05, 0.1) is 13.2 Å². The van der Waals surface area contributed by atoms with Crippen molar-refractivity contribution >= 4 is 17.7 Å².